The van der Waals surface area contributed by atoms with Crippen molar-refractivity contribution in [2.75, 3.05) is 0 Å². The van der Waals surface area contributed by atoms with Gasteiger partial charge in [-0.25, -0.2) is 8.78 Å². The Morgan fingerprint density at radius 2 is 1.78 bits per heavy atom. The summed E-state index contributed by atoms with van der Waals surface area (Å²) < 4.78 is 53.4. The maximum absolute atomic E-state index is 13.5. The molecule has 0 aliphatic heterocycles. The third-order valence-electron chi connectivity index (χ3n) is 2.13. The molecule has 0 aliphatic carbocycles. The van der Waals surface area contributed by atoms with Gasteiger partial charge < -0.3 is 9.29 Å². The van der Waals surface area contributed by atoms with Gasteiger partial charge in [0, 0.05) is 18.1 Å². The Morgan fingerprint density at radius 3 is 2.44 bits per heavy atom. The molecule has 0 radical (unpaired) electrons. The van der Waals surface area contributed by atoms with E-state index in [1.807, 2.05) is 0 Å². The lowest BCUT2D eigenvalue weighted by Gasteiger charge is -2.08. The quantitative estimate of drug-likeness (QED) is 0.836. The monoisotopic (exact) mass is 272 g/mol. The van der Waals surface area contributed by atoms with Gasteiger partial charge in [-0.2, -0.15) is 4.39 Å². The van der Waals surface area contributed by atoms with Crippen LogP contribution in [0.4, 0.5) is 13.2 Å². The molecule has 0 saturated carbocycles. The van der Waals surface area contributed by atoms with E-state index < -0.39 is 17.5 Å². The van der Waals surface area contributed by atoms with E-state index in [-0.39, 0.29) is 28.4 Å². The van der Waals surface area contributed by atoms with Crippen molar-refractivity contribution in [3.05, 3.63) is 53.8 Å². The maximum Gasteiger partial charge on any atom is 0.202 e. The van der Waals surface area contributed by atoms with Crippen molar-refractivity contribution >= 4 is 12.0 Å². The first-order chi connectivity index (χ1) is 8.61. The predicted octanol–water partition coefficient (Wildman–Crippen LogP) is 4.46. The molecule has 2 aromatic rings. The van der Waals surface area contributed by atoms with Crippen LogP contribution in [0.5, 0.6) is 11.5 Å². The zero-order chi connectivity index (χ0) is 13.1. The normalized spacial score (nSPS) is 10.4. The van der Waals surface area contributed by atoms with Crippen LogP contribution >= 0.6 is 12.0 Å². The lowest BCUT2D eigenvalue weighted by molar-refractivity contribution is 0.407. The van der Waals surface area contributed by atoms with E-state index in [1.165, 1.54) is 18.2 Å². The molecule has 0 fully saturated rings. The summed E-state index contributed by atoms with van der Waals surface area (Å²) in [7, 11) is 0. The van der Waals surface area contributed by atoms with Gasteiger partial charge in [-0.3, -0.25) is 0 Å². The summed E-state index contributed by atoms with van der Waals surface area (Å²) in [5.41, 5.74) is 0. The molecule has 2 rings (SSSR count). The lowest BCUT2D eigenvalue weighted by Crippen LogP contribution is -1.94. The number of hydrogen-bond donors (Lipinski definition) is 1. The Kier molecular flexibility index (Phi) is 3.78. The highest BCUT2D eigenvalue weighted by atomic mass is 32.2. The van der Waals surface area contributed by atoms with E-state index >= 15 is 0 Å². The van der Waals surface area contributed by atoms with E-state index in [4.69, 9.17) is 9.29 Å². The Morgan fingerprint density at radius 1 is 1.00 bits per heavy atom. The third-order valence-corrected chi connectivity index (χ3v) is 2.65. The molecule has 0 spiro atoms. The molecule has 6 heteroatoms. The molecule has 0 amide bonds. The molecule has 0 aromatic heterocycles. The summed E-state index contributed by atoms with van der Waals surface area (Å²) in [6, 6.07) is 7.37. The van der Waals surface area contributed by atoms with Gasteiger partial charge >= 0.3 is 0 Å². The van der Waals surface area contributed by atoms with Gasteiger partial charge in [-0.05, 0) is 24.3 Å². The van der Waals surface area contributed by atoms with Gasteiger partial charge in [0.2, 0.25) is 5.82 Å². The van der Waals surface area contributed by atoms with E-state index in [0.717, 1.165) is 18.2 Å². The molecule has 0 aliphatic rings. The molecule has 0 unspecified atom stereocenters. The minimum absolute atomic E-state index is 0.0534. The average Bonchev–Trinajstić information content (AvgIpc) is 2.35. The van der Waals surface area contributed by atoms with Crippen LogP contribution in [-0.4, -0.2) is 4.55 Å². The standard InChI is InChI=1S/C12H7F3O2S/c13-7-2-1-3-8(6-7)17-9-4-5-10(18-16)12(15)11(9)14/h1-6,16H. The second-order valence-corrected chi connectivity index (χ2v) is 3.96. The van der Waals surface area contributed by atoms with Crippen LogP contribution in [0.2, 0.25) is 0 Å². The minimum Gasteiger partial charge on any atom is -0.454 e. The maximum atomic E-state index is 13.5. The van der Waals surface area contributed by atoms with Crippen molar-refractivity contribution in [1.29, 1.82) is 0 Å². The van der Waals surface area contributed by atoms with Crippen molar-refractivity contribution in [1.82, 2.24) is 0 Å². The van der Waals surface area contributed by atoms with Gasteiger partial charge in [-0.15, -0.1) is 0 Å². The van der Waals surface area contributed by atoms with Crippen LogP contribution in [0.15, 0.2) is 41.3 Å². The fourth-order valence-electron chi connectivity index (χ4n) is 1.32. The number of rotatable bonds is 3. The van der Waals surface area contributed by atoms with Gasteiger partial charge in [0.15, 0.2) is 11.6 Å². The summed E-state index contributed by atoms with van der Waals surface area (Å²) in [4.78, 5) is -0.251. The Labute approximate surface area is 105 Å². The fraction of sp³-hybridized carbons (Fsp3) is 0. The van der Waals surface area contributed by atoms with E-state index in [1.54, 1.807) is 0 Å². The molecule has 2 aromatic carbocycles. The van der Waals surface area contributed by atoms with Crippen molar-refractivity contribution in [2.24, 2.45) is 0 Å². The molecule has 94 valence electrons. The summed E-state index contributed by atoms with van der Waals surface area (Å²) >= 11 is 0.0965. The Bertz CT molecular complexity index is 575. The first kappa shape index (κ1) is 12.8. The number of ether oxygens (including phenoxy) is 1. The predicted molar refractivity (Wildman–Crippen MR) is 61.3 cm³/mol. The smallest absolute Gasteiger partial charge is 0.202 e. The summed E-state index contributed by atoms with van der Waals surface area (Å²) in [5.74, 6) is -3.32. The summed E-state index contributed by atoms with van der Waals surface area (Å²) in [5, 5.41) is 0. The zero-order valence-electron chi connectivity index (χ0n) is 8.86. The fourth-order valence-corrected chi connectivity index (χ4v) is 1.62. The molecule has 0 heterocycles. The summed E-state index contributed by atoms with van der Waals surface area (Å²) in [6.07, 6.45) is 0. The highest BCUT2D eigenvalue weighted by molar-refractivity contribution is 7.93. The average molecular weight is 272 g/mol. The highest BCUT2D eigenvalue weighted by Crippen LogP contribution is 2.30. The molecular weight excluding hydrogens is 265 g/mol. The first-order valence-corrected chi connectivity index (χ1v) is 5.62. The van der Waals surface area contributed by atoms with E-state index in [0.29, 0.717) is 0 Å². The molecule has 0 saturated heterocycles. The van der Waals surface area contributed by atoms with Crippen molar-refractivity contribution in [2.45, 2.75) is 4.90 Å². The summed E-state index contributed by atoms with van der Waals surface area (Å²) in [6.45, 7) is 0. The van der Waals surface area contributed by atoms with Crippen LogP contribution in [0.3, 0.4) is 0 Å². The van der Waals surface area contributed by atoms with Crippen LogP contribution in [0, 0.1) is 17.5 Å². The second kappa shape index (κ2) is 5.32. The van der Waals surface area contributed by atoms with Gasteiger partial charge in [0.1, 0.15) is 11.6 Å². The van der Waals surface area contributed by atoms with Crippen molar-refractivity contribution < 1.29 is 22.5 Å². The van der Waals surface area contributed by atoms with Crippen LogP contribution in [0.1, 0.15) is 0 Å². The van der Waals surface area contributed by atoms with Crippen LogP contribution < -0.4 is 4.74 Å². The van der Waals surface area contributed by atoms with Gasteiger partial charge in [-0.1, -0.05) is 6.07 Å². The van der Waals surface area contributed by atoms with Crippen molar-refractivity contribution in [3.8, 4) is 11.5 Å². The van der Waals surface area contributed by atoms with Crippen LogP contribution in [-0.2, 0) is 0 Å². The molecule has 1 N–H and O–H groups in total. The molecule has 0 bridgehead atoms. The van der Waals surface area contributed by atoms with Gasteiger partial charge in [0.25, 0.3) is 0 Å². The van der Waals surface area contributed by atoms with E-state index in [9.17, 15) is 13.2 Å². The molecular formula is C12H7F3O2S. The third kappa shape index (κ3) is 2.60. The highest BCUT2D eigenvalue weighted by Gasteiger charge is 2.15. The Balaban J connectivity index is 2.33. The Hall–Kier alpha value is -1.66. The molecule has 18 heavy (non-hydrogen) atoms. The van der Waals surface area contributed by atoms with Crippen molar-refractivity contribution in [3.63, 3.8) is 0 Å². The zero-order valence-corrected chi connectivity index (χ0v) is 9.68. The molecule has 0 atom stereocenters. The number of halogens is 3. The number of hydrogen-bond acceptors (Lipinski definition) is 3. The molecule has 2 nitrogen and oxygen atoms in total. The topological polar surface area (TPSA) is 29.5 Å². The lowest BCUT2D eigenvalue weighted by atomic mass is 10.3. The van der Waals surface area contributed by atoms with Gasteiger partial charge in [0.05, 0.1) is 4.90 Å². The van der Waals surface area contributed by atoms with Crippen LogP contribution in [0.25, 0.3) is 0 Å². The largest absolute Gasteiger partial charge is 0.454 e. The SMILES string of the molecule is OSc1ccc(Oc2cccc(F)c2)c(F)c1F. The first-order valence-electron chi connectivity index (χ1n) is 4.84. The minimum atomic E-state index is -1.24. The van der Waals surface area contributed by atoms with E-state index in [2.05, 4.69) is 0 Å². The number of benzene rings is 2. The second-order valence-electron chi connectivity index (χ2n) is 3.34.